The molecular formula is C12H21BrO10. The van der Waals surface area contributed by atoms with Crippen molar-refractivity contribution in [2.45, 2.75) is 54.8 Å². The van der Waals surface area contributed by atoms with Crippen molar-refractivity contribution in [2.75, 3.05) is 18.5 Å². The first kappa shape index (κ1) is 19.4. The van der Waals surface area contributed by atoms with E-state index in [1.165, 1.54) is 0 Å². The molecule has 2 fully saturated rings. The van der Waals surface area contributed by atoms with Gasteiger partial charge in [0.2, 0.25) is 5.79 Å². The lowest BCUT2D eigenvalue weighted by Gasteiger charge is -2.41. The monoisotopic (exact) mass is 404 g/mol. The number of hydrogen-bond acceptors (Lipinski definition) is 10. The van der Waals surface area contributed by atoms with Crippen LogP contribution in [0.15, 0.2) is 0 Å². The van der Waals surface area contributed by atoms with E-state index < -0.39 is 68.0 Å². The first-order valence-corrected chi connectivity index (χ1v) is 8.12. The van der Waals surface area contributed by atoms with Gasteiger partial charge < -0.3 is 50.0 Å². The van der Waals surface area contributed by atoms with E-state index in [4.69, 9.17) is 24.4 Å². The lowest BCUT2D eigenvalue weighted by molar-refractivity contribution is -0.318. The van der Waals surface area contributed by atoms with Gasteiger partial charge in [0, 0.05) is 5.33 Å². The molecule has 2 aliphatic rings. The zero-order valence-corrected chi connectivity index (χ0v) is 13.6. The molecule has 9 atom stereocenters. The van der Waals surface area contributed by atoms with Crippen LogP contribution in [0, 0.1) is 0 Å². The molecule has 10 nitrogen and oxygen atoms in total. The van der Waals surface area contributed by atoms with E-state index in [0.717, 1.165) is 0 Å². The zero-order chi connectivity index (χ0) is 17.4. The fraction of sp³-hybridized carbons (Fsp3) is 1.00. The van der Waals surface area contributed by atoms with Crippen molar-refractivity contribution in [3.05, 3.63) is 0 Å². The third kappa shape index (κ3) is 3.55. The molecular weight excluding hydrogens is 384 g/mol. The topological polar surface area (TPSA) is 169 Å². The molecule has 0 aliphatic carbocycles. The van der Waals surface area contributed by atoms with E-state index in [1.54, 1.807) is 0 Å². The molecule has 11 heteroatoms. The largest absolute Gasteiger partial charge is 0.394 e. The second-order valence-electron chi connectivity index (χ2n) is 5.56. The van der Waals surface area contributed by atoms with Gasteiger partial charge in [0.15, 0.2) is 6.29 Å². The van der Waals surface area contributed by atoms with Gasteiger partial charge in [-0.05, 0) is 0 Å². The van der Waals surface area contributed by atoms with Crippen LogP contribution < -0.4 is 0 Å². The second-order valence-corrected chi connectivity index (χ2v) is 6.20. The van der Waals surface area contributed by atoms with Gasteiger partial charge in [-0.3, -0.25) is 0 Å². The van der Waals surface area contributed by atoms with Crippen molar-refractivity contribution in [1.29, 1.82) is 0 Å². The SMILES string of the molecule is OC[C@H]1O[C@H](O[C@@H]2[C@@H](CBr)OC(O)(CO)[C@H]2O)[C@H](O)[C@@H](O)[C@@H]1O. The van der Waals surface area contributed by atoms with Crippen LogP contribution in [0.25, 0.3) is 0 Å². The van der Waals surface area contributed by atoms with Crippen LogP contribution >= 0.6 is 15.9 Å². The maximum Gasteiger partial charge on any atom is 0.219 e. The molecule has 0 amide bonds. The lowest BCUT2D eigenvalue weighted by Crippen LogP contribution is -2.60. The van der Waals surface area contributed by atoms with Crippen LogP contribution in [-0.4, -0.2) is 109 Å². The molecule has 136 valence electrons. The summed E-state index contributed by atoms with van der Waals surface area (Å²) in [5.41, 5.74) is 0. The molecule has 2 saturated heterocycles. The summed E-state index contributed by atoms with van der Waals surface area (Å²) in [6, 6.07) is 0. The van der Waals surface area contributed by atoms with Gasteiger partial charge in [-0.1, -0.05) is 15.9 Å². The van der Waals surface area contributed by atoms with Crippen molar-refractivity contribution in [2.24, 2.45) is 0 Å². The lowest BCUT2D eigenvalue weighted by atomic mass is 9.99. The average molecular weight is 405 g/mol. The Morgan fingerprint density at radius 3 is 2.17 bits per heavy atom. The van der Waals surface area contributed by atoms with Crippen LogP contribution in [0.4, 0.5) is 0 Å². The molecule has 0 radical (unpaired) electrons. The van der Waals surface area contributed by atoms with E-state index in [2.05, 4.69) is 15.9 Å². The molecule has 0 spiro atoms. The standard InChI is InChI=1S/C12H21BrO10/c13-1-4-9(10(19)12(20,3-15)23-4)22-11-8(18)7(17)6(16)5(2-14)21-11/h4-11,14-20H,1-3H2/t4-,5-,6-,7+,8-,9-,10+,11-,12?/m1/s1. The predicted molar refractivity (Wildman–Crippen MR) is 75.3 cm³/mol. The molecule has 2 rings (SSSR count). The number of alkyl halides is 1. The van der Waals surface area contributed by atoms with Gasteiger partial charge in [-0.2, -0.15) is 0 Å². The van der Waals surface area contributed by atoms with Crippen LogP contribution in [0.3, 0.4) is 0 Å². The number of halogens is 1. The maximum atomic E-state index is 10.1. The Balaban J connectivity index is 2.13. The van der Waals surface area contributed by atoms with Crippen molar-refractivity contribution in [3.63, 3.8) is 0 Å². The van der Waals surface area contributed by atoms with Crippen molar-refractivity contribution < 1.29 is 50.0 Å². The van der Waals surface area contributed by atoms with E-state index in [9.17, 15) is 25.5 Å². The van der Waals surface area contributed by atoms with Crippen LogP contribution in [-0.2, 0) is 14.2 Å². The van der Waals surface area contributed by atoms with Gasteiger partial charge in [0.05, 0.1) is 19.3 Å². The molecule has 0 aromatic carbocycles. The summed E-state index contributed by atoms with van der Waals surface area (Å²) in [6.07, 6.45) is -11.2. The summed E-state index contributed by atoms with van der Waals surface area (Å²) in [6.45, 7) is -1.51. The fourth-order valence-corrected chi connectivity index (χ4v) is 3.11. The first-order chi connectivity index (χ1) is 10.8. The fourth-order valence-electron chi connectivity index (χ4n) is 2.61. The molecule has 1 unspecified atom stereocenters. The van der Waals surface area contributed by atoms with Crippen molar-refractivity contribution in [1.82, 2.24) is 0 Å². The molecule has 0 bridgehead atoms. The number of hydrogen-bond donors (Lipinski definition) is 7. The molecule has 2 aliphatic heterocycles. The molecule has 2 heterocycles. The van der Waals surface area contributed by atoms with Crippen LogP contribution in [0.1, 0.15) is 0 Å². The highest BCUT2D eigenvalue weighted by molar-refractivity contribution is 9.09. The first-order valence-electron chi connectivity index (χ1n) is 7.00. The third-order valence-electron chi connectivity index (χ3n) is 4.01. The van der Waals surface area contributed by atoms with E-state index in [0.29, 0.717) is 0 Å². The number of rotatable bonds is 5. The Hall–Kier alpha value is 0.0800. The molecule has 0 aromatic rings. The Labute approximate surface area is 140 Å². The summed E-state index contributed by atoms with van der Waals surface area (Å²) in [5.74, 6) is -2.24. The van der Waals surface area contributed by atoms with E-state index in [-0.39, 0.29) is 5.33 Å². The Bertz CT molecular complexity index is 398. The van der Waals surface area contributed by atoms with Gasteiger partial charge >= 0.3 is 0 Å². The van der Waals surface area contributed by atoms with Crippen molar-refractivity contribution in [3.8, 4) is 0 Å². The maximum absolute atomic E-state index is 10.1. The van der Waals surface area contributed by atoms with Crippen molar-refractivity contribution >= 4 is 15.9 Å². The summed E-state index contributed by atoms with van der Waals surface area (Å²) >= 11 is 3.11. The van der Waals surface area contributed by atoms with Crippen LogP contribution in [0.2, 0.25) is 0 Å². The van der Waals surface area contributed by atoms with Gasteiger partial charge in [-0.15, -0.1) is 0 Å². The minimum absolute atomic E-state index is 0.133. The minimum atomic E-state index is -2.24. The van der Waals surface area contributed by atoms with E-state index >= 15 is 0 Å². The Kier molecular flexibility index (Phi) is 6.36. The number of ether oxygens (including phenoxy) is 3. The second kappa shape index (κ2) is 7.54. The molecule has 7 N–H and O–H groups in total. The summed E-state index contributed by atoms with van der Waals surface area (Å²) in [4.78, 5) is 0. The highest BCUT2D eigenvalue weighted by Crippen LogP contribution is 2.34. The number of aliphatic hydroxyl groups excluding tert-OH is 6. The van der Waals surface area contributed by atoms with Gasteiger partial charge in [0.1, 0.15) is 36.6 Å². The summed E-state index contributed by atoms with van der Waals surface area (Å²) in [5, 5.41) is 67.8. The average Bonchev–Trinajstić information content (AvgIpc) is 2.80. The van der Waals surface area contributed by atoms with Crippen LogP contribution in [0.5, 0.6) is 0 Å². The Morgan fingerprint density at radius 2 is 1.65 bits per heavy atom. The highest BCUT2D eigenvalue weighted by Gasteiger charge is 2.56. The molecule has 0 aromatic heterocycles. The minimum Gasteiger partial charge on any atom is -0.394 e. The number of aliphatic hydroxyl groups is 7. The summed E-state index contributed by atoms with van der Waals surface area (Å²) < 4.78 is 15.7. The quantitative estimate of drug-likeness (QED) is 0.224. The Morgan fingerprint density at radius 1 is 1.00 bits per heavy atom. The zero-order valence-electron chi connectivity index (χ0n) is 12.0. The molecule has 23 heavy (non-hydrogen) atoms. The third-order valence-corrected chi connectivity index (χ3v) is 4.65. The smallest absolute Gasteiger partial charge is 0.219 e. The normalized spacial score (nSPS) is 51.1. The summed E-state index contributed by atoms with van der Waals surface area (Å²) in [7, 11) is 0. The van der Waals surface area contributed by atoms with Gasteiger partial charge in [-0.25, -0.2) is 0 Å². The highest BCUT2D eigenvalue weighted by atomic mass is 79.9. The predicted octanol–water partition coefficient (Wildman–Crippen LogP) is -3.99. The molecule has 0 saturated carbocycles. The van der Waals surface area contributed by atoms with E-state index in [1.807, 2.05) is 0 Å². The van der Waals surface area contributed by atoms with Gasteiger partial charge in [0.25, 0.3) is 0 Å².